The maximum Gasteiger partial charge on any atom is 0.305 e. The molecule has 0 amide bonds. The summed E-state index contributed by atoms with van der Waals surface area (Å²) >= 11 is 0. The second-order valence-electron chi connectivity index (χ2n) is 3.02. The molecule has 0 aromatic carbocycles. The number of carbonyl (C=O) groups is 1. The number of aromatic amines is 1. The summed E-state index contributed by atoms with van der Waals surface area (Å²) in [7, 11) is 0. The van der Waals surface area contributed by atoms with Crippen molar-refractivity contribution in [2.24, 2.45) is 0 Å². The fourth-order valence-electron chi connectivity index (χ4n) is 0.968. The zero-order chi connectivity index (χ0) is 11.4. The smallest absolute Gasteiger partial charge is 0.305 e. The number of imidazole rings is 1. The number of unbranched alkanes of at least 4 members (excludes halogenated alkanes) is 2. The molecule has 0 saturated carbocycles. The molecule has 1 rings (SSSR count). The van der Waals surface area contributed by atoms with Gasteiger partial charge in [-0.2, -0.15) is 0 Å². The zero-order valence-electron chi connectivity index (χ0n) is 9.83. The molecule has 1 aromatic rings. The van der Waals surface area contributed by atoms with Crippen molar-refractivity contribution in [2.45, 2.75) is 39.5 Å². The Labute approximate surface area is 113 Å². The average molecular weight is 409 g/mol. The van der Waals surface area contributed by atoms with Gasteiger partial charge in [0.15, 0.2) is 0 Å². The third kappa shape index (κ3) is 13.4. The second-order valence-corrected chi connectivity index (χ2v) is 3.02. The molecule has 5 heteroatoms. The van der Waals surface area contributed by atoms with E-state index in [9.17, 15) is 4.79 Å². The first-order valence-corrected chi connectivity index (χ1v) is 5.39. The van der Waals surface area contributed by atoms with Crippen molar-refractivity contribution in [1.82, 2.24) is 9.97 Å². The molecule has 0 fully saturated rings. The average Bonchev–Trinajstić information content (AvgIpc) is 2.76. The topological polar surface area (TPSA) is 55.0 Å². The van der Waals surface area contributed by atoms with Gasteiger partial charge in [0.25, 0.3) is 0 Å². The monoisotopic (exact) mass is 409 g/mol. The summed E-state index contributed by atoms with van der Waals surface area (Å²) in [6.07, 6.45) is 8.91. The van der Waals surface area contributed by atoms with E-state index in [2.05, 4.69) is 16.9 Å². The molecule has 16 heavy (non-hydrogen) atoms. The molecule has 0 aliphatic rings. The van der Waals surface area contributed by atoms with E-state index in [1.165, 1.54) is 0 Å². The molecule has 0 aliphatic carbocycles. The fraction of sp³-hybridized carbons (Fsp3) is 0.636. The number of ether oxygens (including phenoxy) is 1. The van der Waals surface area contributed by atoms with Crippen LogP contribution in [0.1, 0.15) is 39.5 Å². The number of esters is 1. The van der Waals surface area contributed by atoms with Gasteiger partial charge in [0.2, 0.25) is 0 Å². The van der Waals surface area contributed by atoms with Gasteiger partial charge in [0, 0.05) is 41.2 Å². The molecule has 0 saturated heterocycles. The first-order chi connectivity index (χ1) is 7.31. The number of carbonyl (C=O) groups excluding carboxylic acids is 1. The molecule has 0 unspecified atom stereocenters. The summed E-state index contributed by atoms with van der Waals surface area (Å²) in [5.74, 6) is -0.0593. The summed E-state index contributed by atoms with van der Waals surface area (Å²) in [6, 6.07) is 0. The largest absolute Gasteiger partial charge is 0.466 e. The van der Waals surface area contributed by atoms with Crippen LogP contribution in [0.3, 0.4) is 0 Å². The van der Waals surface area contributed by atoms with E-state index in [4.69, 9.17) is 4.74 Å². The van der Waals surface area contributed by atoms with E-state index < -0.39 is 0 Å². The van der Waals surface area contributed by atoms with Gasteiger partial charge >= 0.3 is 5.97 Å². The quantitative estimate of drug-likeness (QED) is 0.462. The number of hydrogen-bond acceptors (Lipinski definition) is 3. The van der Waals surface area contributed by atoms with Crippen LogP contribution in [0.15, 0.2) is 18.7 Å². The van der Waals surface area contributed by atoms with Crippen molar-refractivity contribution in [1.29, 1.82) is 0 Å². The van der Waals surface area contributed by atoms with Crippen LogP contribution < -0.4 is 0 Å². The first-order valence-electron chi connectivity index (χ1n) is 5.39. The van der Waals surface area contributed by atoms with Gasteiger partial charge in [-0.25, -0.2) is 4.98 Å². The number of H-pyrrole nitrogens is 1. The van der Waals surface area contributed by atoms with Crippen LogP contribution in [0.2, 0.25) is 0 Å². The number of rotatable bonds is 5. The molecule has 1 aromatic heterocycles. The van der Waals surface area contributed by atoms with Gasteiger partial charge in [-0.15, -0.1) is 0 Å². The summed E-state index contributed by atoms with van der Waals surface area (Å²) in [4.78, 5) is 17.1. The Morgan fingerprint density at radius 2 is 2.12 bits per heavy atom. The minimum absolute atomic E-state index is 0. The van der Waals surface area contributed by atoms with Crippen molar-refractivity contribution in [3.63, 3.8) is 0 Å². The molecule has 0 bridgehead atoms. The summed E-state index contributed by atoms with van der Waals surface area (Å²) in [6.45, 7) is 4.45. The Morgan fingerprint density at radius 3 is 2.50 bits per heavy atom. The molecule has 0 aliphatic heterocycles. The van der Waals surface area contributed by atoms with Crippen molar-refractivity contribution >= 4 is 5.97 Å². The van der Waals surface area contributed by atoms with Gasteiger partial charge in [-0.3, -0.25) is 4.79 Å². The molecule has 4 nitrogen and oxygen atoms in total. The fourth-order valence-corrected chi connectivity index (χ4v) is 0.968. The van der Waals surface area contributed by atoms with Gasteiger partial charge in [-0.05, 0) is 13.3 Å². The molecule has 97 valence electrons. The SMILES string of the molecule is CCCCCC(=O)OCC.[Au].c1c[nH]cn1. The van der Waals surface area contributed by atoms with Crippen molar-refractivity contribution in [3.05, 3.63) is 18.7 Å². The van der Waals surface area contributed by atoms with Gasteiger partial charge < -0.3 is 9.72 Å². The Balaban J connectivity index is 0. The summed E-state index contributed by atoms with van der Waals surface area (Å²) in [5.41, 5.74) is 0. The van der Waals surface area contributed by atoms with E-state index in [0.717, 1.165) is 19.3 Å². The molecule has 1 N–H and O–H groups in total. The van der Waals surface area contributed by atoms with E-state index >= 15 is 0 Å². The third-order valence-corrected chi connectivity index (χ3v) is 1.70. The van der Waals surface area contributed by atoms with E-state index in [-0.39, 0.29) is 28.3 Å². The minimum atomic E-state index is -0.0593. The Kier molecular flexibility index (Phi) is 16.0. The number of aromatic nitrogens is 2. The van der Waals surface area contributed by atoms with Crippen LogP contribution in [0.5, 0.6) is 0 Å². The predicted molar refractivity (Wildman–Crippen MR) is 59.4 cm³/mol. The number of nitrogens with zero attached hydrogens (tertiary/aromatic N) is 1. The molecule has 0 spiro atoms. The first kappa shape index (κ1) is 17.8. The molecule has 1 radical (unpaired) electrons. The van der Waals surface area contributed by atoms with Crippen LogP contribution in [0, 0.1) is 0 Å². The van der Waals surface area contributed by atoms with Crippen molar-refractivity contribution in [3.8, 4) is 0 Å². The van der Waals surface area contributed by atoms with Crippen LogP contribution in [0.25, 0.3) is 0 Å². The van der Waals surface area contributed by atoms with Crippen LogP contribution in [-0.2, 0) is 31.9 Å². The summed E-state index contributed by atoms with van der Waals surface area (Å²) < 4.78 is 4.75. The van der Waals surface area contributed by atoms with Crippen LogP contribution in [-0.4, -0.2) is 22.5 Å². The molecule has 1 heterocycles. The van der Waals surface area contributed by atoms with E-state index in [1.807, 2.05) is 6.92 Å². The second kappa shape index (κ2) is 14.4. The Hall–Kier alpha value is -0.580. The number of nitrogens with one attached hydrogen (secondary N) is 1. The Morgan fingerprint density at radius 1 is 1.38 bits per heavy atom. The number of hydrogen-bond donors (Lipinski definition) is 1. The maximum atomic E-state index is 10.7. The predicted octanol–water partition coefficient (Wildman–Crippen LogP) is 2.54. The normalized spacial score (nSPS) is 8.38. The molecular formula is C11H20AuN2O2. The van der Waals surface area contributed by atoms with Crippen molar-refractivity contribution in [2.75, 3.05) is 6.61 Å². The summed E-state index contributed by atoms with van der Waals surface area (Å²) in [5, 5.41) is 0. The van der Waals surface area contributed by atoms with Crippen molar-refractivity contribution < 1.29 is 31.9 Å². The van der Waals surface area contributed by atoms with Crippen LogP contribution >= 0.6 is 0 Å². The third-order valence-electron chi connectivity index (χ3n) is 1.70. The minimum Gasteiger partial charge on any atom is -0.466 e. The van der Waals surface area contributed by atoms with Gasteiger partial charge in [0.1, 0.15) is 0 Å². The maximum absolute atomic E-state index is 10.7. The zero-order valence-corrected chi connectivity index (χ0v) is 12.0. The molecule has 0 atom stereocenters. The standard InChI is InChI=1S/C8H16O2.C3H4N2.Au/c1-3-5-6-7-8(9)10-4-2;1-2-5-3-4-1;/h3-7H2,1-2H3;1-3H,(H,4,5);. The van der Waals surface area contributed by atoms with E-state index in [1.54, 1.807) is 18.7 Å². The van der Waals surface area contributed by atoms with Crippen LogP contribution in [0.4, 0.5) is 0 Å². The Bertz CT molecular complexity index is 211. The van der Waals surface area contributed by atoms with E-state index in [0.29, 0.717) is 13.0 Å². The van der Waals surface area contributed by atoms with Gasteiger partial charge in [0.05, 0.1) is 12.9 Å². The van der Waals surface area contributed by atoms with Gasteiger partial charge in [-0.1, -0.05) is 19.8 Å². The molecular weight excluding hydrogens is 389 g/mol.